The fourth-order valence-corrected chi connectivity index (χ4v) is 5.91. The molecule has 34 heavy (non-hydrogen) atoms. The number of hydrogen-bond acceptors (Lipinski definition) is 8. The van der Waals surface area contributed by atoms with Crippen LogP contribution < -0.4 is 20.3 Å². The smallest absolute Gasteiger partial charge is 0.146 e. The summed E-state index contributed by atoms with van der Waals surface area (Å²) in [6, 6.07) is 7.76. The van der Waals surface area contributed by atoms with Crippen LogP contribution in [0.15, 0.2) is 18.5 Å². The zero-order valence-corrected chi connectivity index (χ0v) is 19.9. The molecule has 0 spiro atoms. The molecule has 4 aliphatic heterocycles. The Morgan fingerprint density at radius 2 is 1.97 bits per heavy atom. The topological polar surface area (TPSA) is 89.3 Å². The van der Waals surface area contributed by atoms with Gasteiger partial charge in [0.05, 0.1) is 23.2 Å². The van der Waals surface area contributed by atoms with Gasteiger partial charge in [0.25, 0.3) is 0 Å². The summed E-state index contributed by atoms with van der Waals surface area (Å²) in [5.74, 6) is 3.23. The van der Waals surface area contributed by atoms with Gasteiger partial charge in [-0.05, 0) is 68.8 Å². The van der Waals surface area contributed by atoms with E-state index >= 15 is 0 Å². The number of benzene rings is 1. The van der Waals surface area contributed by atoms with Gasteiger partial charge >= 0.3 is 0 Å². The van der Waals surface area contributed by atoms with Crippen molar-refractivity contribution in [2.45, 2.75) is 51.2 Å². The van der Waals surface area contributed by atoms with Crippen molar-refractivity contribution in [2.24, 2.45) is 5.92 Å². The Bertz CT molecular complexity index is 1100. The maximum Gasteiger partial charge on any atom is 0.146 e. The minimum Gasteiger partial charge on any atom is -0.486 e. The number of anilines is 3. The highest BCUT2D eigenvalue weighted by Crippen LogP contribution is 2.41. The van der Waals surface area contributed by atoms with Crippen LogP contribution in [-0.4, -0.2) is 60.2 Å². The van der Waals surface area contributed by atoms with Crippen LogP contribution in [0.25, 0.3) is 0 Å². The summed E-state index contributed by atoms with van der Waals surface area (Å²) in [6.45, 7) is 8.83. The van der Waals surface area contributed by atoms with Crippen molar-refractivity contribution in [3.05, 3.63) is 35.2 Å². The van der Waals surface area contributed by atoms with E-state index in [1.807, 2.05) is 0 Å². The summed E-state index contributed by atoms with van der Waals surface area (Å²) in [4.78, 5) is 14.1. The Hall–Kier alpha value is -2.89. The SMILES string of the molecule is Cc1cc(C2CCN(C3CNC3)CC2)cc2c1OCc1c(ncnc1N1CCCC(C#N)C1)N2. The second-order valence-electron chi connectivity index (χ2n) is 10.2. The molecule has 0 radical (unpaired) electrons. The molecule has 6 rings (SSSR count). The van der Waals surface area contributed by atoms with Crippen LogP contribution in [0, 0.1) is 24.2 Å². The second-order valence-corrected chi connectivity index (χ2v) is 10.2. The summed E-state index contributed by atoms with van der Waals surface area (Å²) in [6.07, 6.45) is 5.99. The number of aryl methyl sites for hydroxylation is 1. The molecule has 5 heterocycles. The number of aromatic nitrogens is 2. The minimum absolute atomic E-state index is 0.0491. The Kier molecular flexibility index (Phi) is 5.75. The first-order valence-corrected chi connectivity index (χ1v) is 12.7. The van der Waals surface area contributed by atoms with Crippen LogP contribution in [0.1, 0.15) is 48.3 Å². The summed E-state index contributed by atoms with van der Waals surface area (Å²) in [5.41, 5.74) is 4.53. The van der Waals surface area contributed by atoms with Crippen molar-refractivity contribution in [1.82, 2.24) is 20.2 Å². The second kappa shape index (κ2) is 9.05. The van der Waals surface area contributed by atoms with E-state index in [0.717, 1.165) is 72.7 Å². The average Bonchev–Trinajstić information content (AvgIpc) is 3.03. The molecule has 0 saturated carbocycles. The monoisotopic (exact) mass is 459 g/mol. The third-order valence-corrected chi connectivity index (χ3v) is 8.01. The van der Waals surface area contributed by atoms with E-state index in [2.05, 4.69) is 55.5 Å². The Labute approximate surface area is 201 Å². The van der Waals surface area contributed by atoms with E-state index in [4.69, 9.17) is 4.74 Å². The number of ether oxygens (including phenoxy) is 1. The lowest BCUT2D eigenvalue weighted by atomic mass is 9.87. The number of rotatable bonds is 3. The first-order valence-electron chi connectivity index (χ1n) is 12.7. The lowest BCUT2D eigenvalue weighted by Crippen LogP contribution is -2.58. The largest absolute Gasteiger partial charge is 0.486 e. The van der Waals surface area contributed by atoms with Crippen LogP contribution in [0.2, 0.25) is 0 Å². The molecule has 0 amide bonds. The normalized spacial score (nSPS) is 23.5. The van der Waals surface area contributed by atoms with Gasteiger partial charge in [0.2, 0.25) is 0 Å². The first-order chi connectivity index (χ1) is 16.7. The Morgan fingerprint density at radius 3 is 2.74 bits per heavy atom. The number of likely N-dealkylation sites (tertiary alicyclic amines) is 1. The molecule has 0 bridgehead atoms. The molecule has 8 nitrogen and oxygen atoms in total. The number of nitriles is 1. The van der Waals surface area contributed by atoms with E-state index < -0.39 is 0 Å². The predicted molar refractivity (Wildman–Crippen MR) is 132 cm³/mol. The standard InChI is InChI=1S/C26H33N7O/c1-17-9-20(19-4-7-32(8-5-19)21-12-28-13-21)10-23-24(17)34-15-22-25(31-23)29-16-30-26(22)33-6-2-3-18(11-27)14-33/h9-10,16,18-19,21,28H,2-8,12-15H2,1H3,(H,29,30,31). The summed E-state index contributed by atoms with van der Waals surface area (Å²) < 4.78 is 6.35. The van der Waals surface area contributed by atoms with E-state index in [0.29, 0.717) is 19.1 Å². The van der Waals surface area contributed by atoms with Crippen molar-refractivity contribution in [2.75, 3.05) is 49.5 Å². The summed E-state index contributed by atoms with van der Waals surface area (Å²) in [5, 5.41) is 16.4. The molecular formula is C26H33N7O. The van der Waals surface area contributed by atoms with Gasteiger partial charge in [-0.3, -0.25) is 4.90 Å². The van der Waals surface area contributed by atoms with E-state index in [9.17, 15) is 5.26 Å². The van der Waals surface area contributed by atoms with Gasteiger partial charge in [0.1, 0.15) is 30.3 Å². The maximum atomic E-state index is 9.43. The zero-order valence-electron chi connectivity index (χ0n) is 19.9. The molecule has 1 aromatic carbocycles. The highest BCUT2D eigenvalue weighted by atomic mass is 16.5. The molecule has 3 fully saturated rings. The van der Waals surface area contributed by atoms with Crippen LogP contribution in [-0.2, 0) is 6.61 Å². The highest BCUT2D eigenvalue weighted by molar-refractivity contribution is 5.73. The van der Waals surface area contributed by atoms with Gasteiger partial charge in [0.15, 0.2) is 0 Å². The Balaban J connectivity index is 1.24. The number of nitrogens with zero attached hydrogens (tertiary/aromatic N) is 5. The molecule has 2 N–H and O–H groups in total. The fourth-order valence-electron chi connectivity index (χ4n) is 5.91. The van der Waals surface area contributed by atoms with Crippen molar-refractivity contribution in [1.29, 1.82) is 5.26 Å². The van der Waals surface area contributed by atoms with Gasteiger partial charge in [-0.15, -0.1) is 0 Å². The minimum atomic E-state index is 0.0491. The van der Waals surface area contributed by atoms with Crippen molar-refractivity contribution >= 4 is 17.3 Å². The molecule has 8 heteroatoms. The van der Waals surface area contributed by atoms with Gasteiger partial charge in [0, 0.05) is 32.2 Å². The number of fused-ring (bicyclic) bond motifs is 2. The number of nitrogens with one attached hydrogen (secondary N) is 2. The van der Waals surface area contributed by atoms with E-state index in [-0.39, 0.29) is 5.92 Å². The quantitative estimate of drug-likeness (QED) is 0.723. The van der Waals surface area contributed by atoms with Gasteiger partial charge in [-0.1, -0.05) is 6.07 Å². The lowest BCUT2D eigenvalue weighted by Gasteiger charge is -2.42. The van der Waals surface area contributed by atoms with Crippen LogP contribution in [0.5, 0.6) is 5.75 Å². The van der Waals surface area contributed by atoms with Crippen molar-refractivity contribution in [3.8, 4) is 11.8 Å². The number of hydrogen-bond donors (Lipinski definition) is 2. The van der Waals surface area contributed by atoms with Gasteiger partial charge in [-0.25, -0.2) is 9.97 Å². The molecule has 4 aliphatic rings. The predicted octanol–water partition coefficient (Wildman–Crippen LogP) is 3.31. The van der Waals surface area contributed by atoms with Gasteiger partial charge < -0.3 is 20.3 Å². The third-order valence-electron chi connectivity index (χ3n) is 8.01. The maximum absolute atomic E-state index is 9.43. The summed E-state index contributed by atoms with van der Waals surface area (Å²) in [7, 11) is 0. The highest BCUT2D eigenvalue weighted by Gasteiger charge is 2.31. The average molecular weight is 460 g/mol. The Morgan fingerprint density at radius 1 is 1.12 bits per heavy atom. The molecule has 2 aromatic rings. The molecular weight excluding hydrogens is 426 g/mol. The molecule has 1 aromatic heterocycles. The van der Waals surface area contributed by atoms with Crippen LogP contribution in [0.3, 0.4) is 0 Å². The van der Waals surface area contributed by atoms with Crippen LogP contribution >= 0.6 is 0 Å². The van der Waals surface area contributed by atoms with Crippen molar-refractivity contribution < 1.29 is 4.74 Å². The first kappa shape index (κ1) is 21.6. The molecule has 1 unspecified atom stereocenters. The summed E-state index contributed by atoms with van der Waals surface area (Å²) >= 11 is 0. The van der Waals surface area contributed by atoms with E-state index in [1.165, 1.54) is 31.5 Å². The molecule has 0 aliphatic carbocycles. The fraction of sp³-hybridized carbons (Fsp3) is 0.577. The third kappa shape index (κ3) is 3.97. The van der Waals surface area contributed by atoms with Crippen LogP contribution in [0.4, 0.5) is 17.3 Å². The molecule has 3 saturated heterocycles. The van der Waals surface area contributed by atoms with E-state index in [1.54, 1.807) is 6.33 Å². The van der Waals surface area contributed by atoms with Crippen molar-refractivity contribution in [3.63, 3.8) is 0 Å². The molecule has 178 valence electrons. The molecule has 1 atom stereocenters. The zero-order chi connectivity index (χ0) is 23.1. The number of piperidine rings is 2. The lowest BCUT2D eigenvalue weighted by molar-refractivity contribution is 0.113. The van der Waals surface area contributed by atoms with Gasteiger partial charge in [-0.2, -0.15) is 5.26 Å².